The van der Waals surface area contributed by atoms with Crippen molar-refractivity contribution in [1.82, 2.24) is 9.78 Å². The first kappa shape index (κ1) is 13.6. The molecular weight excluding hydrogens is 244 g/mol. The topological polar surface area (TPSA) is 84.4 Å². The van der Waals surface area contributed by atoms with Crippen LogP contribution in [0.2, 0.25) is 0 Å². The molecule has 1 aliphatic heterocycles. The lowest BCUT2D eigenvalue weighted by molar-refractivity contribution is -0.142. The van der Waals surface area contributed by atoms with Crippen molar-refractivity contribution < 1.29 is 9.90 Å². The van der Waals surface area contributed by atoms with Crippen molar-refractivity contribution in [3.63, 3.8) is 0 Å². The summed E-state index contributed by atoms with van der Waals surface area (Å²) in [5.41, 5.74) is 6.47. The molecule has 0 bridgehead atoms. The lowest BCUT2D eigenvalue weighted by Crippen LogP contribution is -2.36. The van der Waals surface area contributed by atoms with Crippen LogP contribution in [-0.4, -0.2) is 33.9 Å². The van der Waals surface area contributed by atoms with Gasteiger partial charge in [0.25, 0.3) is 0 Å². The second-order valence-corrected chi connectivity index (χ2v) is 4.18. The summed E-state index contributed by atoms with van der Waals surface area (Å²) in [5.74, 6) is -0.152. The average Bonchev–Trinajstić information content (AvgIpc) is 2.58. The van der Waals surface area contributed by atoms with E-state index in [0.717, 1.165) is 5.82 Å². The first-order valence-electron chi connectivity index (χ1n) is 5.35. The second kappa shape index (κ2) is 5.27. The highest BCUT2D eigenvalue weighted by Crippen LogP contribution is 2.26. The zero-order valence-electron chi connectivity index (χ0n) is 9.67. The van der Waals surface area contributed by atoms with Crippen molar-refractivity contribution in [2.45, 2.75) is 12.8 Å². The number of hydrogen-bond donors (Lipinski definition) is 2. The Morgan fingerprint density at radius 1 is 1.53 bits per heavy atom. The Bertz CT molecular complexity index is 399. The molecule has 1 aromatic rings. The predicted octanol–water partition coefficient (Wildman–Crippen LogP) is 0.725. The van der Waals surface area contributed by atoms with Crippen molar-refractivity contribution in [1.29, 1.82) is 0 Å². The van der Waals surface area contributed by atoms with Crippen molar-refractivity contribution in [2.24, 2.45) is 13.0 Å². The summed E-state index contributed by atoms with van der Waals surface area (Å²) >= 11 is 0. The SMILES string of the molecule is Cl.Cn1cc(N)c(N2CCC(C(=O)O)CC2)n1. The van der Waals surface area contributed by atoms with Gasteiger partial charge in [-0.15, -0.1) is 12.4 Å². The monoisotopic (exact) mass is 260 g/mol. The average molecular weight is 261 g/mol. The first-order valence-corrected chi connectivity index (χ1v) is 5.35. The zero-order chi connectivity index (χ0) is 11.7. The molecule has 96 valence electrons. The van der Waals surface area contributed by atoms with E-state index >= 15 is 0 Å². The molecule has 17 heavy (non-hydrogen) atoms. The maximum absolute atomic E-state index is 10.8. The summed E-state index contributed by atoms with van der Waals surface area (Å²) in [5, 5.41) is 13.2. The van der Waals surface area contributed by atoms with E-state index in [4.69, 9.17) is 10.8 Å². The number of nitrogens with two attached hydrogens (primary N) is 1. The maximum Gasteiger partial charge on any atom is 0.306 e. The van der Waals surface area contributed by atoms with Crippen molar-refractivity contribution in [2.75, 3.05) is 23.7 Å². The molecule has 1 fully saturated rings. The fourth-order valence-electron chi connectivity index (χ4n) is 2.08. The van der Waals surface area contributed by atoms with Crippen LogP contribution in [0.25, 0.3) is 0 Å². The number of piperidine rings is 1. The third-order valence-corrected chi connectivity index (χ3v) is 2.98. The molecule has 0 amide bonds. The van der Waals surface area contributed by atoms with Gasteiger partial charge in [-0.3, -0.25) is 9.48 Å². The smallest absolute Gasteiger partial charge is 0.306 e. The number of halogens is 1. The minimum absolute atomic E-state index is 0. The van der Waals surface area contributed by atoms with E-state index in [2.05, 4.69) is 10.00 Å². The first-order chi connectivity index (χ1) is 7.58. The van der Waals surface area contributed by atoms with Crippen LogP contribution in [0.5, 0.6) is 0 Å². The van der Waals surface area contributed by atoms with Crippen molar-refractivity contribution in [3.8, 4) is 0 Å². The number of carboxylic acid groups (broad SMARTS) is 1. The molecule has 0 aromatic carbocycles. The number of carboxylic acids is 1. The largest absolute Gasteiger partial charge is 0.481 e. The summed E-state index contributed by atoms with van der Waals surface area (Å²) in [6, 6.07) is 0. The molecule has 3 N–H and O–H groups in total. The lowest BCUT2D eigenvalue weighted by atomic mass is 9.97. The molecule has 6 nitrogen and oxygen atoms in total. The number of nitrogens with zero attached hydrogens (tertiary/aromatic N) is 3. The third-order valence-electron chi connectivity index (χ3n) is 2.98. The third kappa shape index (κ3) is 2.82. The Hall–Kier alpha value is -1.43. The van der Waals surface area contributed by atoms with Crippen LogP contribution in [-0.2, 0) is 11.8 Å². The summed E-state index contributed by atoms with van der Waals surface area (Å²) < 4.78 is 1.67. The Morgan fingerprint density at radius 3 is 2.53 bits per heavy atom. The summed E-state index contributed by atoms with van der Waals surface area (Å²) in [6.45, 7) is 1.41. The molecule has 0 radical (unpaired) electrons. The molecule has 7 heteroatoms. The number of aryl methyl sites for hydroxylation is 1. The van der Waals surface area contributed by atoms with E-state index < -0.39 is 5.97 Å². The molecule has 0 atom stereocenters. The van der Waals surface area contributed by atoms with Gasteiger partial charge >= 0.3 is 5.97 Å². The van der Waals surface area contributed by atoms with Gasteiger partial charge in [0.2, 0.25) is 0 Å². The highest BCUT2D eigenvalue weighted by molar-refractivity contribution is 5.85. The van der Waals surface area contributed by atoms with E-state index in [-0.39, 0.29) is 18.3 Å². The fourth-order valence-corrected chi connectivity index (χ4v) is 2.08. The molecule has 0 saturated carbocycles. The molecule has 2 rings (SSSR count). The van der Waals surface area contributed by atoms with E-state index in [0.29, 0.717) is 31.6 Å². The van der Waals surface area contributed by atoms with Gasteiger partial charge in [0.15, 0.2) is 5.82 Å². The predicted molar refractivity (Wildman–Crippen MR) is 67.4 cm³/mol. The van der Waals surface area contributed by atoms with Crippen LogP contribution in [0, 0.1) is 5.92 Å². The molecule has 2 heterocycles. The number of nitrogen functional groups attached to an aromatic ring is 1. The van der Waals surface area contributed by atoms with Crippen LogP contribution in [0.3, 0.4) is 0 Å². The van der Waals surface area contributed by atoms with E-state index in [1.54, 1.807) is 10.9 Å². The van der Waals surface area contributed by atoms with Crippen LogP contribution in [0.4, 0.5) is 11.5 Å². The van der Waals surface area contributed by atoms with Gasteiger partial charge in [-0.05, 0) is 12.8 Å². The van der Waals surface area contributed by atoms with Crippen LogP contribution < -0.4 is 10.6 Å². The Labute approximate surface area is 106 Å². The van der Waals surface area contributed by atoms with E-state index in [1.807, 2.05) is 7.05 Å². The van der Waals surface area contributed by atoms with Gasteiger partial charge < -0.3 is 15.7 Å². The minimum Gasteiger partial charge on any atom is -0.481 e. The molecule has 0 spiro atoms. The fraction of sp³-hybridized carbons (Fsp3) is 0.600. The molecule has 1 saturated heterocycles. The second-order valence-electron chi connectivity index (χ2n) is 4.18. The maximum atomic E-state index is 10.8. The van der Waals surface area contributed by atoms with Crippen LogP contribution in [0.15, 0.2) is 6.20 Å². The van der Waals surface area contributed by atoms with E-state index in [9.17, 15) is 4.79 Å². The molecule has 1 aliphatic rings. The van der Waals surface area contributed by atoms with Crippen LogP contribution >= 0.6 is 12.4 Å². The highest BCUT2D eigenvalue weighted by atomic mass is 35.5. The quantitative estimate of drug-likeness (QED) is 0.819. The van der Waals surface area contributed by atoms with Gasteiger partial charge in [-0.1, -0.05) is 0 Å². The zero-order valence-corrected chi connectivity index (χ0v) is 10.5. The van der Waals surface area contributed by atoms with Crippen LogP contribution in [0.1, 0.15) is 12.8 Å². The summed E-state index contributed by atoms with van der Waals surface area (Å²) in [6.07, 6.45) is 3.08. The van der Waals surface area contributed by atoms with Gasteiger partial charge in [-0.25, -0.2) is 0 Å². The molecule has 0 unspecified atom stereocenters. The van der Waals surface area contributed by atoms with Gasteiger partial charge in [0.05, 0.1) is 11.6 Å². The lowest BCUT2D eigenvalue weighted by Gasteiger charge is -2.30. The Morgan fingerprint density at radius 2 is 2.12 bits per heavy atom. The minimum atomic E-state index is -0.700. The summed E-state index contributed by atoms with van der Waals surface area (Å²) in [4.78, 5) is 12.9. The number of anilines is 2. The summed E-state index contributed by atoms with van der Waals surface area (Å²) in [7, 11) is 1.82. The number of aliphatic carboxylic acids is 1. The van der Waals surface area contributed by atoms with Gasteiger partial charge in [0.1, 0.15) is 0 Å². The van der Waals surface area contributed by atoms with E-state index in [1.165, 1.54) is 0 Å². The standard InChI is InChI=1S/C10H16N4O2.ClH/c1-13-6-8(11)9(12-13)14-4-2-7(3-5-14)10(15)16;/h6-7H,2-5,11H2,1H3,(H,15,16);1H. The van der Waals surface area contributed by atoms with Crippen molar-refractivity contribution in [3.05, 3.63) is 6.20 Å². The Kier molecular flexibility index (Phi) is 4.22. The number of aromatic nitrogens is 2. The number of carbonyl (C=O) groups is 1. The van der Waals surface area contributed by atoms with Gasteiger partial charge in [-0.2, -0.15) is 5.10 Å². The highest BCUT2D eigenvalue weighted by Gasteiger charge is 2.26. The normalized spacial score (nSPS) is 16.6. The van der Waals surface area contributed by atoms with Gasteiger partial charge in [0, 0.05) is 26.3 Å². The Balaban J connectivity index is 0.00000144. The molecule has 0 aliphatic carbocycles. The number of rotatable bonds is 2. The molecular formula is C10H17ClN4O2. The number of hydrogen-bond acceptors (Lipinski definition) is 4. The molecule has 1 aromatic heterocycles. The van der Waals surface area contributed by atoms with Crippen molar-refractivity contribution >= 4 is 29.9 Å².